The first kappa shape index (κ1) is 17.1. The van der Waals surface area contributed by atoms with Gasteiger partial charge >= 0.3 is 0 Å². The molecule has 5 nitrogen and oxygen atoms in total. The summed E-state index contributed by atoms with van der Waals surface area (Å²) in [5.74, 6) is -1.27. The molecule has 0 bridgehead atoms. The van der Waals surface area contributed by atoms with Crippen molar-refractivity contribution in [1.29, 1.82) is 0 Å². The zero-order valence-corrected chi connectivity index (χ0v) is 13.6. The lowest BCUT2D eigenvalue weighted by molar-refractivity contribution is 0.0763. The number of carbonyl (C=O) groups excluding carboxylic acids is 1. The van der Waals surface area contributed by atoms with Gasteiger partial charge in [-0.05, 0) is 41.4 Å². The summed E-state index contributed by atoms with van der Waals surface area (Å²) in [4.78, 5) is 13.3. The number of amides is 1. The molecule has 0 heterocycles. The van der Waals surface area contributed by atoms with Crippen LogP contribution < -0.4 is 5.14 Å². The maximum absolute atomic E-state index is 13.7. The number of benzene rings is 1. The van der Waals surface area contributed by atoms with Gasteiger partial charge in [0.25, 0.3) is 5.91 Å². The molecule has 1 aromatic rings. The third kappa shape index (κ3) is 3.77. The molecular formula is C12H16BrFN2O3S. The molecule has 0 fully saturated rings. The molecule has 0 radical (unpaired) electrons. The Morgan fingerprint density at radius 1 is 1.40 bits per heavy atom. The van der Waals surface area contributed by atoms with Gasteiger partial charge in [-0.3, -0.25) is 4.79 Å². The summed E-state index contributed by atoms with van der Waals surface area (Å²) in [6, 6.07) is 2.09. The van der Waals surface area contributed by atoms with Crippen molar-refractivity contribution in [2.45, 2.75) is 25.2 Å². The zero-order chi connectivity index (χ0) is 15.5. The molecule has 0 aromatic heterocycles. The van der Waals surface area contributed by atoms with E-state index < -0.39 is 26.6 Å². The minimum absolute atomic E-state index is 0.0370. The largest absolute Gasteiger partial charge is 0.339 e. The molecule has 0 atom stereocenters. The van der Waals surface area contributed by atoms with Gasteiger partial charge in [-0.15, -0.1) is 0 Å². The lowest BCUT2D eigenvalue weighted by atomic mass is 10.2. The predicted octanol–water partition coefficient (Wildman–Crippen LogP) is 2.11. The zero-order valence-electron chi connectivity index (χ0n) is 11.2. The normalized spacial score (nSPS) is 11.4. The average molecular weight is 367 g/mol. The molecule has 1 amide bonds. The first-order chi connectivity index (χ1) is 9.22. The van der Waals surface area contributed by atoms with Gasteiger partial charge in [0, 0.05) is 18.7 Å². The summed E-state index contributed by atoms with van der Waals surface area (Å²) in [7, 11) is -4.11. The van der Waals surface area contributed by atoms with Crippen LogP contribution in [-0.2, 0) is 10.0 Å². The van der Waals surface area contributed by atoms with E-state index in [1.165, 1.54) is 4.90 Å². The second-order valence-corrected chi connectivity index (χ2v) is 6.52. The number of hydrogen-bond donors (Lipinski definition) is 1. The number of sulfonamides is 1. The molecule has 0 aliphatic carbocycles. The molecule has 1 aromatic carbocycles. The number of hydrogen-bond acceptors (Lipinski definition) is 3. The third-order valence-corrected chi connectivity index (χ3v) is 4.71. The van der Waals surface area contributed by atoms with Crippen molar-refractivity contribution < 1.29 is 17.6 Å². The van der Waals surface area contributed by atoms with Gasteiger partial charge in [0.2, 0.25) is 10.0 Å². The molecule has 112 valence electrons. The van der Waals surface area contributed by atoms with Crippen LogP contribution in [0.3, 0.4) is 0 Å². The lowest BCUT2D eigenvalue weighted by Crippen LogP contribution is -2.31. The van der Waals surface area contributed by atoms with Crippen molar-refractivity contribution >= 4 is 31.9 Å². The smallest absolute Gasteiger partial charge is 0.253 e. The Hall–Kier alpha value is -0.990. The maximum Gasteiger partial charge on any atom is 0.253 e. The van der Waals surface area contributed by atoms with Gasteiger partial charge in [0.15, 0.2) is 0 Å². The summed E-state index contributed by atoms with van der Waals surface area (Å²) >= 11 is 2.83. The van der Waals surface area contributed by atoms with Crippen molar-refractivity contribution in [3.63, 3.8) is 0 Å². The Kier molecular flexibility index (Phi) is 5.67. The van der Waals surface area contributed by atoms with E-state index in [0.717, 1.165) is 18.6 Å². The Morgan fingerprint density at radius 2 is 2.00 bits per heavy atom. The molecule has 0 saturated heterocycles. The van der Waals surface area contributed by atoms with Crippen LogP contribution in [0.1, 0.15) is 30.6 Å². The molecule has 0 aliphatic rings. The van der Waals surface area contributed by atoms with E-state index in [-0.39, 0.29) is 10.0 Å². The van der Waals surface area contributed by atoms with Crippen LogP contribution in [0.2, 0.25) is 0 Å². The molecule has 2 N–H and O–H groups in total. The molecule has 0 spiro atoms. The topological polar surface area (TPSA) is 80.5 Å². The molecule has 0 unspecified atom stereocenters. The second-order valence-electron chi connectivity index (χ2n) is 4.20. The van der Waals surface area contributed by atoms with Gasteiger partial charge < -0.3 is 4.90 Å². The van der Waals surface area contributed by atoms with Crippen LogP contribution in [0.4, 0.5) is 4.39 Å². The van der Waals surface area contributed by atoms with Crippen LogP contribution >= 0.6 is 15.9 Å². The summed E-state index contributed by atoms with van der Waals surface area (Å²) < 4.78 is 36.3. The third-order valence-electron chi connectivity index (χ3n) is 2.71. The van der Waals surface area contributed by atoms with E-state index >= 15 is 0 Å². The van der Waals surface area contributed by atoms with Gasteiger partial charge in [-0.1, -0.05) is 6.92 Å². The second kappa shape index (κ2) is 6.64. The SMILES string of the molecule is CCCN(CC)C(=O)c1cc(F)c(Br)c(S(N)(=O)=O)c1. The maximum atomic E-state index is 13.7. The fourth-order valence-electron chi connectivity index (χ4n) is 1.75. The van der Waals surface area contributed by atoms with E-state index in [9.17, 15) is 17.6 Å². The van der Waals surface area contributed by atoms with Gasteiger partial charge in [0.05, 0.1) is 9.37 Å². The Labute approximate surface area is 126 Å². The summed E-state index contributed by atoms with van der Waals surface area (Å²) in [5.41, 5.74) is -0.0370. The highest BCUT2D eigenvalue weighted by Crippen LogP contribution is 2.26. The Balaban J connectivity index is 3.34. The standard InChI is InChI=1S/C12H16BrFN2O3S/c1-3-5-16(4-2)12(17)8-6-9(14)11(13)10(7-8)20(15,18)19/h6-7H,3-5H2,1-2H3,(H2,15,18,19). The Morgan fingerprint density at radius 3 is 2.45 bits per heavy atom. The highest BCUT2D eigenvalue weighted by atomic mass is 79.9. The van der Waals surface area contributed by atoms with E-state index in [1.54, 1.807) is 6.92 Å². The number of nitrogens with zero attached hydrogens (tertiary/aromatic N) is 1. The fourth-order valence-corrected chi connectivity index (χ4v) is 3.29. The highest BCUT2D eigenvalue weighted by molar-refractivity contribution is 9.10. The number of halogens is 2. The number of nitrogens with two attached hydrogens (primary N) is 1. The molecule has 20 heavy (non-hydrogen) atoms. The van der Waals surface area contributed by atoms with Crippen molar-refractivity contribution in [3.8, 4) is 0 Å². The first-order valence-electron chi connectivity index (χ1n) is 6.03. The van der Waals surface area contributed by atoms with Gasteiger partial charge in [-0.25, -0.2) is 17.9 Å². The van der Waals surface area contributed by atoms with Crippen molar-refractivity contribution in [1.82, 2.24) is 4.90 Å². The van der Waals surface area contributed by atoms with Crippen LogP contribution in [0.5, 0.6) is 0 Å². The monoisotopic (exact) mass is 366 g/mol. The summed E-state index contributed by atoms with van der Waals surface area (Å²) in [5, 5.41) is 5.01. The number of rotatable bonds is 5. The van der Waals surface area contributed by atoms with E-state index in [1.807, 2.05) is 6.92 Å². The molecule has 0 saturated carbocycles. The van der Waals surface area contributed by atoms with Gasteiger partial charge in [0.1, 0.15) is 5.82 Å². The van der Waals surface area contributed by atoms with E-state index in [0.29, 0.717) is 13.1 Å². The van der Waals surface area contributed by atoms with Crippen LogP contribution in [0.25, 0.3) is 0 Å². The average Bonchev–Trinajstić information content (AvgIpc) is 2.36. The minimum atomic E-state index is -4.11. The van der Waals surface area contributed by atoms with Crippen molar-refractivity contribution in [3.05, 3.63) is 28.0 Å². The minimum Gasteiger partial charge on any atom is -0.339 e. The van der Waals surface area contributed by atoms with Crippen LogP contribution in [0, 0.1) is 5.82 Å². The summed E-state index contributed by atoms with van der Waals surface area (Å²) in [6.45, 7) is 4.67. The summed E-state index contributed by atoms with van der Waals surface area (Å²) in [6.07, 6.45) is 0.751. The quantitative estimate of drug-likeness (QED) is 0.866. The van der Waals surface area contributed by atoms with Crippen LogP contribution in [-0.4, -0.2) is 32.3 Å². The number of primary sulfonamides is 1. The van der Waals surface area contributed by atoms with Crippen molar-refractivity contribution in [2.75, 3.05) is 13.1 Å². The Bertz CT molecular complexity index is 619. The van der Waals surface area contributed by atoms with E-state index in [4.69, 9.17) is 5.14 Å². The highest BCUT2D eigenvalue weighted by Gasteiger charge is 2.22. The van der Waals surface area contributed by atoms with E-state index in [2.05, 4.69) is 15.9 Å². The lowest BCUT2D eigenvalue weighted by Gasteiger charge is -2.20. The fraction of sp³-hybridized carbons (Fsp3) is 0.417. The van der Waals surface area contributed by atoms with Gasteiger partial charge in [-0.2, -0.15) is 0 Å². The molecular weight excluding hydrogens is 351 g/mol. The molecule has 8 heteroatoms. The van der Waals surface area contributed by atoms with Crippen LogP contribution in [0.15, 0.2) is 21.5 Å². The number of carbonyl (C=O) groups is 1. The first-order valence-corrected chi connectivity index (χ1v) is 8.37. The van der Waals surface area contributed by atoms with Crippen molar-refractivity contribution in [2.24, 2.45) is 5.14 Å². The molecule has 1 rings (SSSR count). The molecule has 0 aliphatic heterocycles. The predicted molar refractivity (Wildman–Crippen MR) is 77.3 cm³/mol.